The van der Waals surface area contributed by atoms with Gasteiger partial charge in [-0.3, -0.25) is 4.79 Å². The van der Waals surface area contributed by atoms with Gasteiger partial charge in [-0.25, -0.2) is 0 Å². The van der Waals surface area contributed by atoms with Crippen LogP contribution >= 0.6 is 11.6 Å². The normalized spacial score (nSPS) is 10.8. The molecule has 0 aliphatic carbocycles. The van der Waals surface area contributed by atoms with Crippen LogP contribution in [0.15, 0.2) is 75.9 Å². The molecule has 0 bridgehead atoms. The lowest BCUT2D eigenvalue weighted by molar-refractivity contribution is 0.298. The highest BCUT2D eigenvalue weighted by Gasteiger charge is 2.19. The third-order valence-electron chi connectivity index (χ3n) is 4.73. The van der Waals surface area contributed by atoms with Gasteiger partial charge in [-0.1, -0.05) is 41.9 Å². The van der Waals surface area contributed by atoms with Crippen molar-refractivity contribution >= 4 is 22.6 Å². The SMILES string of the molecule is COc1ccc(-c2oc3ccccc3c(=O)c2OCc2ccccc2Cl)cc1OC. The third-order valence-corrected chi connectivity index (χ3v) is 5.10. The van der Waals surface area contributed by atoms with Gasteiger partial charge in [0.1, 0.15) is 12.2 Å². The van der Waals surface area contributed by atoms with E-state index in [1.54, 1.807) is 56.7 Å². The largest absolute Gasteiger partial charge is 0.493 e. The van der Waals surface area contributed by atoms with Gasteiger partial charge in [0.2, 0.25) is 11.2 Å². The maximum absolute atomic E-state index is 13.2. The van der Waals surface area contributed by atoms with Crippen LogP contribution in [-0.4, -0.2) is 14.2 Å². The summed E-state index contributed by atoms with van der Waals surface area (Å²) in [5, 5.41) is 1.01. The Balaban J connectivity index is 1.86. The van der Waals surface area contributed by atoms with Crippen LogP contribution in [0.5, 0.6) is 17.2 Å². The van der Waals surface area contributed by atoms with Crippen molar-refractivity contribution in [3.8, 4) is 28.6 Å². The molecule has 1 heterocycles. The van der Waals surface area contributed by atoms with Crippen LogP contribution in [0, 0.1) is 0 Å². The van der Waals surface area contributed by atoms with Crippen molar-refractivity contribution in [2.75, 3.05) is 14.2 Å². The lowest BCUT2D eigenvalue weighted by Gasteiger charge is -2.14. The van der Waals surface area contributed by atoms with Crippen molar-refractivity contribution in [2.45, 2.75) is 6.61 Å². The first-order valence-corrected chi connectivity index (χ1v) is 9.64. The van der Waals surface area contributed by atoms with E-state index >= 15 is 0 Å². The molecule has 0 atom stereocenters. The third kappa shape index (κ3) is 3.72. The number of hydrogen-bond donors (Lipinski definition) is 0. The van der Waals surface area contributed by atoms with Gasteiger partial charge >= 0.3 is 0 Å². The van der Waals surface area contributed by atoms with Crippen LogP contribution in [0.3, 0.4) is 0 Å². The lowest BCUT2D eigenvalue weighted by Crippen LogP contribution is -2.10. The van der Waals surface area contributed by atoms with Crippen LogP contribution in [0.4, 0.5) is 0 Å². The Bertz CT molecular complexity index is 1260. The minimum absolute atomic E-state index is 0.112. The summed E-state index contributed by atoms with van der Waals surface area (Å²) in [6.07, 6.45) is 0. The second-order valence-corrected chi connectivity index (χ2v) is 6.94. The zero-order valence-corrected chi connectivity index (χ0v) is 17.2. The van der Waals surface area contributed by atoms with E-state index in [2.05, 4.69) is 0 Å². The van der Waals surface area contributed by atoms with Gasteiger partial charge in [0.25, 0.3) is 0 Å². The molecule has 30 heavy (non-hydrogen) atoms. The van der Waals surface area contributed by atoms with E-state index in [-0.39, 0.29) is 17.8 Å². The summed E-state index contributed by atoms with van der Waals surface area (Å²) in [5.41, 5.74) is 1.61. The molecule has 4 rings (SSSR count). The van der Waals surface area contributed by atoms with E-state index in [1.807, 2.05) is 24.3 Å². The van der Waals surface area contributed by atoms with Crippen molar-refractivity contribution in [1.29, 1.82) is 0 Å². The van der Waals surface area contributed by atoms with Crippen molar-refractivity contribution in [3.63, 3.8) is 0 Å². The van der Waals surface area contributed by atoms with E-state index in [1.165, 1.54) is 0 Å². The summed E-state index contributed by atoms with van der Waals surface area (Å²) in [7, 11) is 3.11. The summed E-state index contributed by atoms with van der Waals surface area (Å²) in [4.78, 5) is 13.2. The first-order chi connectivity index (χ1) is 14.6. The fourth-order valence-electron chi connectivity index (χ4n) is 3.19. The van der Waals surface area contributed by atoms with Gasteiger partial charge in [0, 0.05) is 16.1 Å². The van der Waals surface area contributed by atoms with Crippen LogP contribution in [0.1, 0.15) is 5.56 Å². The van der Waals surface area contributed by atoms with Gasteiger partial charge in [0.05, 0.1) is 19.6 Å². The molecule has 0 aliphatic rings. The van der Waals surface area contributed by atoms with Crippen molar-refractivity contribution in [2.24, 2.45) is 0 Å². The first kappa shape index (κ1) is 19.9. The molecule has 6 heteroatoms. The summed E-state index contributed by atoms with van der Waals surface area (Å²) >= 11 is 6.24. The van der Waals surface area contributed by atoms with Crippen LogP contribution in [0.2, 0.25) is 5.02 Å². The minimum Gasteiger partial charge on any atom is -0.493 e. The molecule has 3 aromatic carbocycles. The van der Waals surface area contributed by atoms with Gasteiger partial charge in [-0.2, -0.15) is 0 Å². The van der Waals surface area contributed by atoms with Gasteiger partial charge in [-0.05, 0) is 36.4 Å². The quantitative estimate of drug-likeness (QED) is 0.398. The highest BCUT2D eigenvalue weighted by Crippen LogP contribution is 2.37. The van der Waals surface area contributed by atoms with E-state index in [0.717, 1.165) is 5.56 Å². The molecule has 5 nitrogen and oxygen atoms in total. The number of halogens is 1. The highest BCUT2D eigenvalue weighted by atomic mass is 35.5. The zero-order chi connectivity index (χ0) is 21.1. The van der Waals surface area contributed by atoms with Crippen molar-refractivity contribution in [3.05, 3.63) is 87.5 Å². The molecule has 0 aliphatic heterocycles. The Labute approximate surface area is 178 Å². The maximum atomic E-state index is 13.2. The molecule has 152 valence electrons. The van der Waals surface area contributed by atoms with E-state index in [4.69, 9.17) is 30.2 Å². The summed E-state index contributed by atoms with van der Waals surface area (Å²) in [6, 6.07) is 19.7. The Morgan fingerprint density at radius 2 is 1.63 bits per heavy atom. The predicted molar refractivity (Wildman–Crippen MR) is 117 cm³/mol. The molecule has 0 fully saturated rings. The maximum Gasteiger partial charge on any atom is 0.235 e. The van der Waals surface area contributed by atoms with Crippen LogP contribution in [-0.2, 0) is 6.61 Å². The highest BCUT2D eigenvalue weighted by molar-refractivity contribution is 6.31. The molecule has 0 radical (unpaired) electrons. The number of hydrogen-bond acceptors (Lipinski definition) is 5. The van der Waals surface area contributed by atoms with Gasteiger partial charge < -0.3 is 18.6 Å². The number of fused-ring (bicyclic) bond motifs is 1. The van der Waals surface area contributed by atoms with Crippen molar-refractivity contribution in [1.82, 2.24) is 0 Å². The fourth-order valence-corrected chi connectivity index (χ4v) is 3.38. The minimum atomic E-state index is -0.256. The molecule has 0 amide bonds. The zero-order valence-electron chi connectivity index (χ0n) is 16.5. The summed E-state index contributed by atoms with van der Waals surface area (Å²) in [6.45, 7) is 0.128. The van der Waals surface area contributed by atoms with E-state index in [9.17, 15) is 4.79 Å². The Morgan fingerprint density at radius 3 is 2.40 bits per heavy atom. The molecule has 0 saturated heterocycles. The molecule has 0 N–H and O–H groups in total. The summed E-state index contributed by atoms with van der Waals surface area (Å²) in [5.74, 6) is 1.51. The molecule has 1 aromatic heterocycles. The molecule has 0 saturated carbocycles. The predicted octanol–water partition coefficient (Wildman–Crippen LogP) is 5.71. The van der Waals surface area contributed by atoms with Crippen LogP contribution < -0.4 is 19.6 Å². The first-order valence-electron chi connectivity index (χ1n) is 9.27. The molecule has 0 spiro atoms. The van der Waals surface area contributed by atoms with Gasteiger partial charge in [-0.15, -0.1) is 0 Å². The molecule has 4 aromatic rings. The standard InChI is InChI=1S/C24H19ClO5/c1-27-20-12-11-15(13-21(20)28-2)23-24(29-14-16-7-3-5-9-18(16)25)22(26)17-8-4-6-10-19(17)30-23/h3-13H,14H2,1-2H3. The smallest absolute Gasteiger partial charge is 0.235 e. The second-order valence-electron chi connectivity index (χ2n) is 6.54. The molecular formula is C24H19ClO5. The van der Waals surface area contributed by atoms with Crippen LogP contribution in [0.25, 0.3) is 22.3 Å². The van der Waals surface area contributed by atoms with Crippen molar-refractivity contribution < 1.29 is 18.6 Å². The molecule has 0 unspecified atom stereocenters. The average Bonchev–Trinajstić information content (AvgIpc) is 2.79. The number of ether oxygens (including phenoxy) is 3. The second kappa shape index (κ2) is 8.51. The topological polar surface area (TPSA) is 57.9 Å². The Kier molecular flexibility index (Phi) is 5.63. The number of benzene rings is 3. The average molecular weight is 423 g/mol. The number of para-hydroxylation sites is 1. The number of rotatable bonds is 6. The Morgan fingerprint density at radius 1 is 0.900 bits per heavy atom. The fraction of sp³-hybridized carbons (Fsp3) is 0.125. The van der Waals surface area contributed by atoms with Gasteiger partial charge in [0.15, 0.2) is 17.3 Å². The lowest BCUT2D eigenvalue weighted by atomic mass is 10.1. The number of methoxy groups -OCH3 is 2. The summed E-state index contributed by atoms with van der Waals surface area (Å²) < 4.78 is 22.8. The van der Waals surface area contributed by atoms with E-state index in [0.29, 0.717) is 38.8 Å². The molecular weight excluding hydrogens is 404 g/mol. The van der Waals surface area contributed by atoms with E-state index < -0.39 is 0 Å². The Hall–Kier alpha value is -3.44. The monoisotopic (exact) mass is 422 g/mol.